The SMILES string of the molecule is c1cc(-c2ccc3c(c2)Oc2cc(-n4c5ccccc5c5ccc(-n6c7ccccc7c7ccccc76)cc54)cc4c2B3Oc2ccccc2-4)cc(-n2c3ccccc3c3ccccc32)c1. The second kappa shape index (κ2) is 13.4. The van der Waals surface area contributed by atoms with Gasteiger partial charge in [-0.3, -0.25) is 0 Å². The van der Waals surface area contributed by atoms with Crippen LogP contribution in [0.5, 0.6) is 17.2 Å². The fourth-order valence-corrected chi connectivity index (χ4v) is 11.3. The Morgan fingerprint density at radius 1 is 0.303 bits per heavy atom. The van der Waals surface area contributed by atoms with Crippen LogP contribution in [0.4, 0.5) is 0 Å². The number of benzene rings is 10. The largest absolute Gasteiger partial charge is 0.551 e. The predicted molar refractivity (Wildman–Crippen MR) is 272 cm³/mol. The van der Waals surface area contributed by atoms with Crippen molar-refractivity contribution in [2.45, 2.75) is 0 Å². The summed E-state index contributed by atoms with van der Waals surface area (Å²) < 4.78 is 21.3. The molecule has 0 N–H and O–H groups in total. The maximum Gasteiger partial charge on any atom is 0.434 e. The minimum atomic E-state index is -0.333. The molecule has 6 heteroatoms. The summed E-state index contributed by atoms with van der Waals surface area (Å²) in [5, 5.41) is 7.38. The minimum Gasteiger partial charge on any atom is -0.551 e. The van der Waals surface area contributed by atoms with E-state index in [0.717, 1.165) is 78.5 Å². The lowest BCUT2D eigenvalue weighted by Crippen LogP contribution is -2.53. The van der Waals surface area contributed by atoms with Gasteiger partial charge in [0.25, 0.3) is 0 Å². The van der Waals surface area contributed by atoms with E-state index in [0.29, 0.717) is 0 Å². The molecule has 5 heterocycles. The van der Waals surface area contributed by atoms with Crippen molar-refractivity contribution in [1.82, 2.24) is 13.7 Å². The molecule has 13 aromatic rings. The lowest BCUT2D eigenvalue weighted by Gasteiger charge is -2.33. The van der Waals surface area contributed by atoms with Crippen molar-refractivity contribution in [2.75, 3.05) is 0 Å². The Labute approximate surface area is 379 Å². The standard InChI is InChI=1S/C60H36BN3O2/c1-7-22-51-42(16-1)43-17-2-8-23-52(43)62(51)39-15-13-14-37(32-39)38-28-31-50-58(33-38)65-59-36-41(34-49-48-21-6-12-27-57(48)66-61(50)60(49)59)64-55-26-11-5-20-46(55)47-30-29-40(35-56(47)64)63-53-24-9-3-18-44(53)45-19-4-10-25-54(45)63/h1-36H. The molecule has 2 aliphatic rings. The molecule has 3 aromatic heterocycles. The zero-order chi connectivity index (χ0) is 43.0. The van der Waals surface area contributed by atoms with E-state index in [9.17, 15) is 0 Å². The third kappa shape index (κ3) is 4.95. The fourth-order valence-electron chi connectivity index (χ4n) is 11.3. The highest BCUT2D eigenvalue weighted by atomic mass is 16.5. The molecule has 15 rings (SSSR count). The lowest BCUT2D eigenvalue weighted by atomic mass is 9.50. The summed E-state index contributed by atoms with van der Waals surface area (Å²) in [6.45, 7) is -0.333. The summed E-state index contributed by atoms with van der Waals surface area (Å²) in [5.74, 6) is 2.46. The first kappa shape index (κ1) is 35.7. The van der Waals surface area contributed by atoms with Crippen LogP contribution in [0.15, 0.2) is 218 Å². The van der Waals surface area contributed by atoms with Gasteiger partial charge in [-0.1, -0.05) is 140 Å². The normalized spacial score (nSPS) is 12.8. The van der Waals surface area contributed by atoms with Crippen LogP contribution in [-0.2, 0) is 0 Å². The molecule has 2 aliphatic heterocycles. The van der Waals surface area contributed by atoms with E-state index in [-0.39, 0.29) is 6.92 Å². The molecule has 0 saturated heterocycles. The van der Waals surface area contributed by atoms with Crippen molar-refractivity contribution < 1.29 is 9.39 Å². The molecule has 5 nitrogen and oxygen atoms in total. The van der Waals surface area contributed by atoms with Gasteiger partial charge in [0, 0.05) is 66.2 Å². The zero-order valence-corrected chi connectivity index (χ0v) is 35.5. The van der Waals surface area contributed by atoms with Crippen LogP contribution in [-0.4, -0.2) is 20.6 Å². The maximum atomic E-state index is 7.16. The third-order valence-corrected chi connectivity index (χ3v) is 14.1. The molecule has 66 heavy (non-hydrogen) atoms. The molecular weight excluding hydrogens is 805 g/mol. The number of para-hydroxylation sites is 6. The first-order valence-corrected chi connectivity index (χ1v) is 22.6. The number of hydrogen-bond donors (Lipinski definition) is 0. The van der Waals surface area contributed by atoms with Crippen LogP contribution in [0, 0.1) is 0 Å². The predicted octanol–water partition coefficient (Wildman–Crippen LogP) is 13.9. The number of aromatic nitrogens is 3. The van der Waals surface area contributed by atoms with E-state index in [1.165, 1.54) is 54.4 Å². The Morgan fingerprint density at radius 2 is 0.818 bits per heavy atom. The summed E-state index contributed by atoms with van der Waals surface area (Å²) in [5.41, 5.74) is 16.7. The van der Waals surface area contributed by atoms with Gasteiger partial charge in [0.1, 0.15) is 17.2 Å². The number of fused-ring (bicyclic) bond motifs is 13. The van der Waals surface area contributed by atoms with Gasteiger partial charge in [-0.05, 0) is 89.5 Å². The molecule has 0 atom stereocenters. The average molecular weight is 842 g/mol. The van der Waals surface area contributed by atoms with E-state index in [2.05, 4.69) is 232 Å². The Balaban J connectivity index is 0.909. The van der Waals surface area contributed by atoms with Gasteiger partial charge in [0.15, 0.2) is 0 Å². The second-order valence-corrected chi connectivity index (χ2v) is 17.6. The Morgan fingerprint density at radius 3 is 1.44 bits per heavy atom. The molecule has 0 unspecified atom stereocenters. The van der Waals surface area contributed by atoms with Gasteiger partial charge < -0.3 is 23.1 Å². The van der Waals surface area contributed by atoms with Crippen LogP contribution in [0.1, 0.15) is 0 Å². The molecule has 0 aliphatic carbocycles. The van der Waals surface area contributed by atoms with E-state index in [4.69, 9.17) is 9.39 Å². The summed E-state index contributed by atoms with van der Waals surface area (Å²) in [6.07, 6.45) is 0. The van der Waals surface area contributed by atoms with Gasteiger partial charge >= 0.3 is 6.92 Å². The summed E-state index contributed by atoms with van der Waals surface area (Å²) in [6, 6.07) is 78.8. The van der Waals surface area contributed by atoms with Crippen molar-refractivity contribution in [3.63, 3.8) is 0 Å². The van der Waals surface area contributed by atoms with E-state index < -0.39 is 0 Å². The minimum absolute atomic E-state index is 0.333. The zero-order valence-electron chi connectivity index (χ0n) is 35.5. The average Bonchev–Trinajstić information content (AvgIpc) is 4.02. The second-order valence-electron chi connectivity index (χ2n) is 17.6. The molecule has 0 radical (unpaired) electrons. The van der Waals surface area contributed by atoms with Crippen molar-refractivity contribution >= 4 is 83.3 Å². The quantitative estimate of drug-likeness (QED) is 0.165. The van der Waals surface area contributed by atoms with E-state index in [1.54, 1.807) is 0 Å². The molecule has 0 fully saturated rings. The van der Waals surface area contributed by atoms with Crippen LogP contribution in [0.3, 0.4) is 0 Å². The van der Waals surface area contributed by atoms with Gasteiger partial charge in [-0.25, -0.2) is 0 Å². The maximum absolute atomic E-state index is 7.16. The smallest absolute Gasteiger partial charge is 0.434 e. The van der Waals surface area contributed by atoms with Crippen LogP contribution in [0.25, 0.3) is 105 Å². The third-order valence-electron chi connectivity index (χ3n) is 14.1. The molecule has 10 aromatic carbocycles. The molecule has 306 valence electrons. The molecule has 0 saturated carbocycles. The Hall–Kier alpha value is -8.74. The fraction of sp³-hybridized carbons (Fsp3) is 0. The van der Waals surface area contributed by atoms with Crippen molar-refractivity contribution in [2.24, 2.45) is 0 Å². The summed E-state index contributed by atoms with van der Waals surface area (Å²) >= 11 is 0. The summed E-state index contributed by atoms with van der Waals surface area (Å²) in [4.78, 5) is 0. The first-order valence-electron chi connectivity index (χ1n) is 22.6. The van der Waals surface area contributed by atoms with Gasteiger partial charge in [-0.2, -0.15) is 0 Å². The van der Waals surface area contributed by atoms with Gasteiger partial charge in [0.05, 0.1) is 38.8 Å². The van der Waals surface area contributed by atoms with Gasteiger partial charge in [0.2, 0.25) is 0 Å². The molecule has 0 bridgehead atoms. The Bertz CT molecular complexity index is 4100. The summed E-state index contributed by atoms with van der Waals surface area (Å²) in [7, 11) is 0. The van der Waals surface area contributed by atoms with Crippen LogP contribution < -0.4 is 20.3 Å². The molecular formula is C60H36BN3O2. The highest BCUT2D eigenvalue weighted by Crippen LogP contribution is 2.44. The van der Waals surface area contributed by atoms with Crippen molar-refractivity contribution in [1.29, 1.82) is 0 Å². The van der Waals surface area contributed by atoms with Crippen molar-refractivity contribution in [3.05, 3.63) is 218 Å². The number of ether oxygens (including phenoxy) is 1. The molecule has 0 amide bonds. The number of hydrogen-bond acceptors (Lipinski definition) is 2. The first-order chi connectivity index (χ1) is 32.7. The van der Waals surface area contributed by atoms with E-state index >= 15 is 0 Å². The highest BCUT2D eigenvalue weighted by molar-refractivity contribution is 6.84. The van der Waals surface area contributed by atoms with Crippen LogP contribution in [0.2, 0.25) is 0 Å². The topological polar surface area (TPSA) is 33.2 Å². The number of rotatable bonds is 4. The number of nitrogens with zero attached hydrogens (tertiary/aromatic N) is 3. The monoisotopic (exact) mass is 841 g/mol. The lowest BCUT2D eigenvalue weighted by molar-refractivity contribution is 0.479. The highest BCUT2D eigenvalue weighted by Gasteiger charge is 2.41. The van der Waals surface area contributed by atoms with E-state index in [1.807, 2.05) is 0 Å². The van der Waals surface area contributed by atoms with Crippen LogP contribution >= 0.6 is 0 Å². The molecule has 0 spiro atoms. The van der Waals surface area contributed by atoms with Crippen molar-refractivity contribution in [3.8, 4) is 56.6 Å². The Kier molecular flexibility index (Phi) is 7.24. The van der Waals surface area contributed by atoms with Gasteiger partial charge in [-0.15, -0.1) is 0 Å².